The van der Waals surface area contributed by atoms with Gasteiger partial charge >= 0.3 is 0 Å². The average Bonchev–Trinajstić information content (AvgIpc) is 3.33. The zero-order valence-corrected chi connectivity index (χ0v) is 15.9. The molecule has 2 heterocycles. The molecule has 1 aromatic heterocycles. The van der Waals surface area contributed by atoms with E-state index in [0.717, 1.165) is 28.2 Å². The standard InChI is InChI=1S/C17H14F2N4O3S2/c18-11-7-6-10(9-12(11)19)20-17(24)14-4-2-8-23(14)28(25,26)15-5-1-3-13-16(15)22-27-21-13/h1,3,5-7,9,14H,2,4,8H2,(H,20,24). The summed E-state index contributed by atoms with van der Waals surface area (Å²) in [5.41, 5.74) is 0.783. The highest BCUT2D eigenvalue weighted by atomic mass is 32.2. The van der Waals surface area contributed by atoms with E-state index in [1.165, 1.54) is 12.1 Å². The van der Waals surface area contributed by atoms with Crippen molar-refractivity contribution in [2.75, 3.05) is 11.9 Å². The van der Waals surface area contributed by atoms with Crippen LogP contribution in [0.3, 0.4) is 0 Å². The van der Waals surface area contributed by atoms with Crippen LogP contribution < -0.4 is 5.32 Å². The van der Waals surface area contributed by atoms with Crippen molar-refractivity contribution in [2.24, 2.45) is 0 Å². The number of carbonyl (C=O) groups is 1. The van der Waals surface area contributed by atoms with E-state index in [4.69, 9.17) is 0 Å². The van der Waals surface area contributed by atoms with Crippen LogP contribution >= 0.6 is 11.7 Å². The third-order valence-electron chi connectivity index (χ3n) is 4.53. The number of rotatable bonds is 4. The molecule has 0 radical (unpaired) electrons. The maximum Gasteiger partial charge on any atom is 0.246 e. The van der Waals surface area contributed by atoms with Crippen LogP contribution in [0, 0.1) is 11.6 Å². The highest BCUT2D eigenvalue weighted by molar-refractivity contribution is 7.89. The van der Waals surface area contributed by atoms with Gasteiger partial charge in [-0.3, -0.25) is 4.79 Å². The van der Waals surface area contributed by atoms with Gasteiger partial charge in [0.1, 0.15) is 22.0 Å². The molecule has 1 atom stereocenters. The Kier molecular flexibility index (Phi) is 4.81. The maximum atomic E-state index is 13.4. The van der Waals surface area contributed by atoms with Crippen molar-refractivity contribution in [1.82, 2.24) is 13.1 Å². The molecule has 146 valence electrons. The van der Waals surface area contributed by atoms with E-state index in [-0.39, 0.29) is 22.6 Å². The lowest BCUT2D eigenvalue weighted by Gasteiger charge is -2.23. The van der Waals surface area contributed by atoms with Crippen molar-refractivity contribution in [3.8, 4) is 0 Å². The number of aromatic nitrogens is 2. The summed E-state index contributed by atoms with van der Waals surface area (Å²) in [6.45, 7) is 0.173. The summed E-state index contributed by atoms with van der Waals surface area (Å²) >= 11 is 0.909. The second kappa shape index (κ2) is 7.15. The van der Waals surface area contributed by atoms with Crippen LogP contribution in [0.5, 0.6) is 0 Å². The highest BCUT2D eigenvalue weighted by Gasteiger charge is 2.40. The number of nitrogens with one attached hydrogen (secondary N) is 1. The van der Waals surface area contributed by atoms with Crippen LogP contribution in [0.1, 0.15) is 12.8 Å². The molecule has 1 aliphatic heterocycles. The number of hydrogen-bond donors (Lipinski definition) is 1. The number of benzene rings is 2. The van der Waals surface area contributed by atoms with Crippen molar-refractivity contribution in [2.45, 2.75) is 23.8 Å². The van der Waals surface area contributed by atoms with Crippen LogP contribution in [0.15, 0.2) is 41.3 Å². The average molecular weight is 424 g/mol. The van der Waals surface area contributed by atoms with Gasteiger partial charge in [0.15, 0.2) is 11.6 Å². The molecule has 11 heteroatoms. The van der Waals surface area contributed by atoms with Crippen LogP contribution in [-0.4, -0.2) is 40.0 Å². The molecule has 2 aromatic carbocycles. The molecule has 0 bridgehead atoms. The van der Waals surface area contributed by atoms with Gasteiger partial charge < -0.3 is 5.32 Å². The molecule has 0 aliphatic carbocycles. The molecule has 7 nitrogen and oxygen atoms in total. The second-order valence-corrected chi connectivity index (χ2v) is 8.67. The molecule has 3 aromatic rings. The number of anilines is 1. The fourth-order valence-corrected chi connectivity index (χ4v) is 5.62. The summed E-state index contributed by atoms with van der Waals surface area (Å²) in [4.78, 5) is 12.6. The van der Waals surface area contributed by atoms with Crippen molar-refractivity contribution in [3.05, 3.63) is 48.0 Å². The fraction of sp³-hybridized carbons (Fsp3) is 0.235. The van der Waals surface area contributed by atoms with Gasteiger partial charge in [-0.2, -0.15) is 13.1 Å². The Balaban J connectivity index is 1.63. The zero-order valence-electron chi connectivity index (χ0n) is 14.3. The van der Waals surface area contributed by atoms with Gasteiger partial charge in [-0.05, 0) is 37.1 Å². The molecule has 0 saturated carbocycles. The summed E-state index contributed by atoms with van der Waals surface area (Å²) in [5.74, 6) is -2.74. The predicted octanol–water partition coefficient (Wildman–Crippen LogP) is 2.76. The maximum absolute atomic E-state index is 13.4. The first-order valence-electron chi connectivity index (χ1n) is 8.37. The van der Waals surface area contributed by atoms with Crippen molar-refractivity contribution >= 4 is 44.4 Å². The van der Waals surface area contributed by atoms with Crippen molar-refractivity contribution in [1.29, 1.82) is 0 Å². The van der Waals surface area contributed by atoms with Gasteiger partial charge in [0.2, 0.25) is 15.9 Å². The second-order valence-electron chi connectivity index (χ2n) is 6.28. The summed E-state index contributed by atoms with van der Waals surface area (Å²) in [7, 11) is -3.99. The summed E-state index contributed by atoms with van der Waals surface area (Å²) in [6, 6.07) is 6.67. The monoisotopic (exact) mass is 424 g/mol. The minimum absolute atomic E-state index is 0.00808. The summed E-state index contributed by atoms with van der Waals surface area (Å²) < 4.78 is 62.0. The van der Waals surface area contributed by atoms with Crippen LogP contribution in [-0.2, 0) is 14.8 Å². The normalized spacial score (nSPS) is 17.9. The first kappa shape index (κ1) is 18.8. The van der Waals surface area contributed by atoms with Gasteiger partial charge in [0.05, 0.1) is 11.7 Å². The van der Waals surface area contributed by atoms with Gasteiger partial charge in [0, 0.05) is 18.3 Å². The fourth-order valence-electron chi connectivity index (χ4n) is 3.21. The molecule has 1 N–H and O–H groups in total. The Hall–Kier alpha value is -2.50. The van der Waals surface area contributed by atoms with E-state index in [2.05, 4.69) is 14.1 Å². The Morgan fingerprint density at radius 2 is 2.00 bits per heavy atom. The van der Waals surface area contributed by atoms with Gasteiger partial charge in [-0.15, -0.1) is 0 Å². The van der Waals surface area contributed by atoms with Gasteiger partial charge in [-0.25, -0.2) is 17.2 Å². The van der Waals surface area contributed by atoms with E-state index in [1.54, 1.807) is 12.1 Å². The third kappa shape index (κ3) is 3.25. The van der Waals surface area contributed by atoms with Gasteiger partial charge in [-0.1, -0.05) is 6.07 Å². The number of carbonyl (C=O) groups excluding carboxylic acids is 1. The van der Waals surface area contributed by atoms with Crippen LogP contribution in [0.4, 0.5) is 14.5 Å². The van der Waals surface area contributed by atoms with Crippen LogP contribution in [0.25, 0.3) is 11.0 Å². The van der Waals surface area contributed by atoms with Crippen LogP contribution in [0.2, 0.25) is 0 Å². The Labute approximate surface area is 163 Å². The zero-order chi connectivity index (χ0) is 19.9. The lowest BCUT2D eigenvalue weighted by atomic mass is 10.2. The van der Waals surface area contributed by atoms with Crippen molar-refractivity contribution in [3.63, 3.8) is 0 Å². The third-order valence-corrected chi connectivity index (χ3v) is 7.01. The molecular formula is C17H14F2N4O3S2. The molecule has 1 saturated heterocycles. The first-order chi connectivity index (χ1) is 13.4. The molecule has 0 spiro atoms. The molecule has 1 fully saturated rings. The Morgan fingerprint density at radius 3 is 2.79 bits per heavy atom. The topological polar surface area (TPSA) is 92.3 Å². The quantitative estimate of drug-likeness (QED) is 0.695. The molecular weight excluding hydrogens is 410 g/mol. The lowest BCUT2D eigenvalue weighted by Crippen LogP contribution is -2.43. The smallest absolute Gasteiger partial charge is 0.246 e. The number of sulfonamides is 1. The van der Waals surface area contributed by atoms with E-state index >= 15 is 0 Å². The Bertz CT molecular complexity index is 1170. The largest absolute Gasteiger partial charge is 0.325 e. The minimum atomic E-state index is -3.99. The van der Waals surface area contributed by atoms with E-state index in [1.807, 2.05) is 0 Å². The Morgan fingerprint density at radius 1 is 1.18 bits per heavy atom. The van der Waals surface area contributed by atoms with Gasteiger partial charge in [0.25, 0.3) is 0 Å². The molecule has 1 unspecified atom stereocenters. The molecule has 4 rings (SSSR count). The SMILES string of the molecule is O=C(Nc1ccc(F)c(F)c1)C1CCCN1S(=O)(=O)c1cccc2nsnc12. The first-order valence-corrected chi connectivity index (χ1v) is 10.5. The molecule has 1 aliphatic rings. The number of amides is 1. The summed E-state index contributed by atoms with van der Waals surface area (Å²) in [6.07, 6.45) is 0.820. The number of fused-ring (bicyclic) bond motifs is 1. The number of halogens is 2. The molecule has 1 amide bonds. The number of hydrogen-bond acceptors (Lipinski definition) is 6. The summed E-state index contributed by atoms with van der Waals surface area (Å²) in [5, 5.41) is 2.46. The lowest BCUT2D eigenvalue weighted by molar-refractivity contribution is -0.119. The van der Waals surface area contributed by atoms with E-state index < -0.39 is 33.6 Å². The number of nitrogens with zero attached hydrogens (tertiary/aromatic N) is 3. The minimum Gasteiger partial charge on any atom is -0.325 e. The highest BCUT2D eigenvalue weighted by Crippen LogP contribution is 2.30. The predicted molar refractivity (Wildman–Crippen MR) is 99.3 cm³/mol. The van der Waals surface area contributed by atoms with E-state index in [9.17, 15) is 22.0 Å². The van der Waals surface area contributed by atoms with E-state index in [0.29, 0.717) is 18.4 Å². The molecule has 28 heavy (non-hydrogen) atoms. The van der Waals surface area contributed by atoms with Crippen molar-refractivity contribution < 1.29 is 22.0 Å².